The van der Waals surface area contributed by atoms with Crippen molar-refractivity contribution in [3.63, 3.8) is 0 Å². The standard InChI is InChI=1S/C11H23N3O/c1-3-13(9-6-12)11-4-7-14(8-5-11)10(2)15/h11H,3-9,12H2,1-2H3. The van der Waals surface area contributed by atoms with Gasteiger partial charge in [-0.05, 0) is 19.4 Å². The Hall–Kier alpha value is -0.610. The van der Waals surface area contributed by atoms with Crippen molar-refractivity contribution >= 4 is 5.91 Å². The van der Waals surface area contributed by atoms with Crippen LogP contribution in [0.2, 0.25) is 0 Å². The summed E-state index contributed by atoms with van der Waals surface area (Å²) in [4.78, 5) is 15.5. The molecule has 0 atom stereocenters. The lowest BCUT2D eigenvalue weighted by molar-refractivity contribution is -0.130. The van der Waals surface area contributed by atoms with Crippen molar-refractivity contribution in [2.45, 2.75) is 32.7 Å². The maximum absolute atomic E-state index is 11.2. The van der Waals surface area contributed by atoms with E-state index in [0.29, 0.717) is 6.04 Å². The van der Waals surface area contributed by atoms with E-state index in [4.69, 9.17) is 5.73 Å². The Morgan fingerprint density at radius 1 is 1.47 bits per heavy atom. The molecule has 0 aliphatic carbocycles. The molecule has 0 spiro atoms. The Morgan fingerprint density at radius 2 is 2.07 bits per heavy atom. The van der Waals surface area contributed by atoms with Crippen molar-refractivity contribution < 1.29 is 4.79 Å². The van der Waals surface area contributed by atoms with Gasteiger partial charge in [0.1, 0.15) is 0 Å². The quantitative estimate of drug-likeness (QED) is 0.729. The molecule has 0 saturated carbocycles. The van der Waals surface area contributed by atoms with Crippen LogP contribution in [0.15, 0.2) is 0 Å². The van der Waals surface area contributed by atoms with Gasteiger partial charge in [-0.15, -0.1) is 0 Å². The minimum absolute atomic E-state index is 0.204. The van der Waals surface area contributed by atoms with Gasteiger partial charge in [-0.2, -0.15) is 0 Å². The molecule has 0 radical (unpaired) electrons. The molecule has 1 rings (SSSR count). The fraction of sp³-hybridized carbons (Fsp3) is 0.909. The Morgan fingerprint density at radius 3 is 2.47 bits per heavy atom. The summed E-state index contributed by atoms with van der Waals surface area (Å²) in [6.07, 6.45) is 2.18. The Labute approximate surface area is 92.4 Å². The number of carbonyl (C=O) groups excluding carboxylic acids is 1. The lowest BCUT2D eigenvalue weighted by Crippen LogP contribution is -2.47. The van der Waals surface area contributed by atoms with E-state index < -0.39 is 0 Å². The summed E-state index contributed by atoms with van der Waals surface area (Å²) >= 11 is 0. The summed E-state index contributed by atoms with van der Waals surface area (Å²) in [7, 11) is 0. The van der Waals surface area contributed by atoms with Crippen LogP contribution in [0.25, 0.3) is 0 Å². The molecule has 4 heteroatoms. The zero-order valence-corrected chi connectivity index (χ0v) is 9.91. The minimum Gasteiger partial charge on any atom is -0.343 e. The van der Waals surface area contributed by atoms with E-state index >= 15 is 0 Å². The van der Waals surface area contributed by atoms with Crippen molar-refractivity contribution in [2.75, 3.05) is 32.7 Å². The molecule has 1 aliphatic heterocycles. The van der Waals surface area contributed by atoms with Gasteiger partial charge >= 0.3 is 0 Å². The Bertz CT molecular complexity index is 200. The van der Waals surface area contributed by atoms with Crippen molar-refractivity contribution in [3.8, 4) is 0 Å². The van der Waals surface area contributed by atoms with Crippen LogP contribution in [0, 0.1) is 0 Å². The summed E-state index contributed by atoms with van der Waals surface area (Å²) in [6.45, 7) is 8.39. The fourth-order valence-electron chi connectivity index (χ4n) is 2.31. The molecular weight excluding hydrogens is 190 g/mol. The molecule has 4 nitrogen and oxygen atoms in total. The van der Waals surface area contributed by atoms with E-state index in [1.807, 2.05) is 4.90 Å². The first kappa shape index (κ1) is 12.5. The molecule has 1 saturated heterocycles. The maximum atomic E-state index is 11.2. The van der Waals surface area contributed by atoms with E-state index in [0.717, 1.165) is 45.6 Å². The lowest BCUT2D eigenvalue weighted by atomic mass is 10.0. The Balaban J connectivity index is 2.38. The van der Waals surface area contributed by atoms with E-state index in [1.54, 1.807) is 6.92 Å². The van der Waals surface area contributed by atoms with Crippen molar-refractivity contribution in [1.82, 2.24) is 9.80 Å². The number of hydrogen-bond acceptors (Lipinski definition) is 3. The van der Waals surface area contributed by atoms with Gasteiger partial charge in [0, 0.05) is 39.1 Å². The van der Waals surface area contributed by atoms with Crippen LogP contribution in [-0.2, 0) is 4.79 Å². The molecule has 1 amide bonds. The first-order valence-electron chi connectivity index (χ1n) is 5.88. The first-order chi connectivity index (χ1) is 7.19. The van der Waals surface area contributed by atoms with Gasteiger partial charge in [-0.25, -0.2) is 0 Å². The third-order valence-corrected chi connectivity index (χ3v) is 3.25. The summed E-state index contributed by atoms with van der Waals surface area (Å²) in [5, 5.41) is 0. The number of piperidine rings is 1. The van der Waals surface area contributed by atoms with Gasteiger partial charge in [0.25, 0.3) is 0 Å². The molecule has 1 fully saturated rings. The number of amides is 1. The van der Waals surface area contributed by atoms with E-state index in [-0.39, 0.29) is 5.91 Å². The normalized spacial score (nSPS) is 18.5. The molecule has 0 aromatic heterocycles. The third-order valence-electron chi connectivity index (χ3n) is 3.25. The Kier molecular flexibility index (Phi) is 5.05. The molecule has 0 unspecified atom stereocenters. The molecule has 88 valence electrons. The minimum atomic E-state index is 0.204. The smallest absolute Gasteiger partial charge is 0.219 e. The first-order valence-corrected chi connectivity index (χ1v) is 5.88. The number of likely N-dealkylation sites (N-methyl/N-ethyl adjacent to an activating group) is 1. The number of carbonyl (C=O) groups is 1. The van der Waals surface area contributed by atoms with Crippen LogP contribution in [0.4, 0.5) is 0 Å². The molecule has 2 N–H and O–H groups in total. The van der Waals surface area contributed by atoms with Gasteiger partial charge in [-0.3, -0.25) is 9.69 Å². The van der Waals surface area contributed by atoms with Gasteiger partial charge in [0.15, 0.2) is 0 Å². The predicted octanol–water partition coefficient (Wildman–Crippen LogP) is 0.278. The van der Waals surface area contributed by atoms with E-state index in [2.05, 4.69) is 11.8 Å². The fourth-order valence-corrected chi connectivity index (χ4v) is 2.31. The summed E-state index contributed by atoms with van der Waals surface area (Å²) in [5.41, 5.74) is 5.58. The zero-order chi connectivity index (χ0) is 11.3. The lowest BCUT2D eigenvalue weighted by Gasteiger charge is -2.37. The van der Waals surface area contributed by atoms with Gasteiger partial charge in [0.05, 0.1) is 0 Å². The number of likely N-dealkylation sites (tertiary alicyclic amines) is 1. The second-order valence-corrected chi connectivity index (χ2v) is 4.15. The molecule has 15 heavy (non-hydrogen) atoms. The highest BCUT2D eigenvalue weighted by atomic mass is 16.2. The van der Waals surface area contributed by atoms with Gasteiger partial charge in [0.2, 0.25) is 5.91 Å². The molecule has 0 aromatic carbocycles. The average molecular weight is 213 g/mol. The number of rotatable bonds is 4. The van der Waals surface area contributed by atoms with Crippen LogP contribution in [0.1, 0.15) is 26.7 Å². The van der Waals surface area contributed by atoms with Crippen LogP contribution in [0.3, 0.4) is 0 Å². The van der Waals surface area contributed by atoms with Crippen molar-refractivity contribution in [2.24, 2.45) is 5.73 Å². The summed E-state index contributed by atoms with van der Waals surface area (Å²) in [5.74, 6) is 0.204. The van der Waals surface area contributed by atoms with E-state index in [9.17, 15) is 4.79 Å². The summed E-state index contributed by atoms with van der Waals surface area (Å²) in [6, 6.07) is 0.620. The molecular formula is C11H23N3O. The van der Waals surface area contributed by atoms with E-state index in [1.165, 1.54) is 0 Å². The van der Waals surface area contributed by atoms with Crippen molar-refractivity contribution in [1.29, 1.82) is 0 Å². The van der Waals surface area contributed by atoms with Crippen LogP contribution in [0.5, 0.6) is 0 Å². The molecule has 1 heterocycles. The average Bonchev–Trinajstić information content (AvgIpc) is 2.26. The second kappa shape index (κ2) is 6.08. The van der Waals surface area contributed by atoms with Gasteiger partial charge in [-0.1, -0.05) is 6.92 Å². The van der Waals surface area contributed by atoms with Crippen molar-refractivity contribution in [3.05, 3.63) is 0 Å². The van der Waals surface area contributed by atoms with Crippen LogP contribution >= 0.6 is 0 Å². The largest absolute Gasteiger partial charge is 0.343 e. The highest BCUT2D eigenvalue weighted by molar-refractivity contribution is 5.73. The maximum Gasteiger partial charge on any atom is 0.219 e. The SMILES string of the molecule is CCN(CCN)C1CCN(C(C)=O)CC1. The topological polar surface area (TPSA) is 49.6 Å². The van der Waals surface area contributed by atoms with Crippen LogP contribution in [-0.4, -0.2) is 54.5 Å². The predicted molar refractivity (Wildman–Crippen MR) is 61.6 cm³/mol. The number of nitrogens with two attached hydrogens (primary N) is 1. The molecule has 1 aliphatic rings. The highest BCUT2D eigenvalue weighted by Crippen LogP contribution is 2.15. The van der Waals surface area contributed by atoms with Crippen LogP contribution < -0.4 is 5.73 Å². The third kappa shape index (κ3) is 3.47. The zero-order valence-electron chi connectivity index (χ0n) is 9.91. The number of hydrogen-bond donors (Lipinski definition) is 1. The van der Waals surface area contributed by atoms with Gasteiger partial charge < -0.3 is 10.6 Å². The molecule has 0 aromatic rings. The highest BCUT2D eigenvalue weighted by Gasteiger charge is 2.24. The molecule has 0 bridgehead atoms. The number of nitrogens with zero attached hydrogens (tertiary/aromatic N) is 2. The monoisotopic (exact) mass is 213 g/mol. The second-order valence-electron chi connectivity index (χ2n) is 4.15. The summed E-state index contributed by atoms with van der Waals surface area (Å²) < 4.78 is 0.